The van der Waals surface area contributed by atoms with Crippen molar-refractivity contribution in [3.63, 3.8) is 0 Å². The molecule has 22 heavy (non-hydrogen) atoms. The van der Waals surface area contributed by atoms with Crippen molar-refractivity contribution < 1.29 is 24.2 Å². The fourth-order valence-electron chi connectivity index (χ4n) is 2.75. The Kier molecular flexibility index (Phi) is 3.24. The zero-order chi connectivity index (χ0) is 16.1. The van der Waals surface area contributed by atoms with Gasteiger partial charge in [0.15, 0.2) is 5.75 Å². The molecule has 1 saturated heterocycles. The van der Waals surface area contributed by atoms with Crippen molar-refractivity contribution in [2.45, 2.75) is 18.1 Å². The summed E-state index contributed by atoms with van der Waals surface area (Å²) in [6, 6.07) is 4.03. The maximum atomic E-state index is 12.4. The highest BCUT2D eigenvalue weighted by atomic mass is 79.9. The second-order valence-electron chi connectivity index (χ2n) is 5.20. The van der Waals surface area contributed by atoms with Gasteiger partial charge < -0.3 is 20.9 Å². The molecule has 0 unspecified atom stereocenters. The molecule has 9 heteroatoms. The predicted molar refractivity (Wildman–Crippen MR) is 78.5 cm³/mol. The third kappa shape index (κ3) is 2.08. The molecule has 2 aliphatic heterocycles. The summed E-state index contributed by atoms with van der Waals surface area (Å²) in [5, 5.41) is 11.9. The molecule has 0 saturated carbocycles. The summed E-state index contributed by atoms with van der Waals surface area (Å²) in [5.41, 5.74) is 4.26. The minimum Gasteiger partial charge on any atom is -0.472 e. The van der Waals surface area contributed by atoms with Gasteiger partial charge in [0, 0.05) is 6.42 Å². The molecule has 0 aromatic heterocycles. The number of para-hydroxylation sites is 1. The number of carbonyl (C=O) groups excluding carboxylic acids is 2. The van der Waals surface area contributed by atoms with Gasteiger partial charge in [-0.05, 0) is 28.1 Å². The van der Waals surface area contributed by atoms with Gasteiger partial charge in [-0.15, -0.1) is 0 Å². The number of hydrogen-bond donors (Lipinski definition) is 3. The van der Waals surface area contributed by atoms with Crippen molar-refractivity contribution in [1.29, 1.82) is 0 Å². The molecule has 1 aromatic rings. The number of nitrogens with one attached hydrogen (secondary N) is 1. The van der Waals surface area contributed by atoms with Crippen molar-refractivity contribution in [3.05, 3.63) is 22.7 Å². The second kappa shape index (κ2) is 4.87. The molecule has 2 atom stereocenters. The average Bonchev–Trinajstić information content (AvgIpc) is 2.83. The van der Waals surface area contributed by atoms with Crippen molar-refractivity contribution in [1.82, 2.24) is 4.90 Å². The van der Waals surface area contributed by atoms with E-state index in [1.807, 2.05) is 0 Å². The van der Waals surface area contributed by atoms with Crippen LogP contribution < -0.4 is 15.8 Å². The molecule has 116 valence electrons. The van der Waals surface area contributed by atoms with Crippen molar-refractivity contribution in [2.75, 3.05) is 11.9 Å². The largest absolute Gasteiger partial charge is 0.472 e. The van der Waals surface area contributed by atoms with E-state index >= 15 is 0 Å². The van der Waals surface area contributed by atoms with Crippen molar-refractivity contribution in [3.8, 4) is 5.75 Å². The summed E-state index contributed by atoms with van der Waals surface area (Å²) in [6.07, 6.45) is -1.45. The van der Waals surface area contributed by atoms with Gasteiger partial charge in [-0.2, -0.15) is 0 Å². The Morgan fingerprint density at radius 1 is 1.50 bits per heavy atom. The molecule has 4 N–H and O–H groups in total. The van der Waals surface area contributed by atoms with Crippen LogP contribution in [-0.2, 0) is 9.59 Å². The van der Waals surface area contributed by atoms with Crippen LogP contribution in [0.2, 0.25) is 0 Å². The van der Waals surface area contributed by atoms with Crippen LogP contribution in [0.1, 0.15) is 6.42 Å². The lowest BCUT2D eigenvalue weighted by atomic mass is 9.96. The minimum atomic E-state index is -1.46. The highest BCUT2D eigenvalue weighted by molar-refractivity contribution is 9.10. The van der Waals surface area contributed by atoms with E-state index in [4.69, 9.17) is 10.5 Å². The molecular formula is C13H12BrN3O5. The van der Waals surface area contributed by atoms with Crippen LogP contribution >= 0.6 is 15.9 Å². The number of anilines is 1. The predicted octanol–water partition coefficient (Wildman–Crippen LogP) is 0.756. The van der Waals surface area contributed by atoms with Gasteiger partial charge in [0.2, 0.25) is 11.5 Å². The highest BCUT2D eigenvalue weighted by Crippen LogP contribution is 2.43. The zero-order valence-electron chi connectivity index (χ0n) is 11.2. The van der Waals surface area contributed by atoms with Crippen LogP contribution in [0.3, 0.4) is 0 Å². The van der Waals surface area contributed by atoms with Gasteiger partial charge in [0.25, 0.3) is 5.91 Å². The Labute approximate surface area is 133 Å². The Bertz CT molecular complexity index is 670. The second-order valence-corrected chi connectivity index (χ2v) is 6.05. The number of amides is 3. The third-order valence-electron chi connectivity index (χ3n) is 3.83. The first-order chi connectivity index (χ1) is 10.3. The molecule has 0 radical (unpaired) electrons. The molecule has 2 heterocycles. The molecule has 8 nitrogen and oxygen atoms in total. The van der Waals surface area contributed by atoms with Crippen LogP contribution in [0, 0.1) is 0 Å². The van der Waals surface area contributed by atoms with Gasteiger partial charge in [0.1, 0.15) is 6.04 Å². The molecular weight excluding hydrogens is 358 g/mol. The smallest absolute Gasteiger partial charge is 0.408 e. The number of likely N-dealkylation sites (tertiary alicyclic amines) is 1. The molecule has 1 spiro atoms. The molecule has 0 bridgehead atoms. The van der Waals surface area contributed by atoms with E-state index in [2.05, 4.69) is 21.2 Å². The number of hydrogen-bond acceptors (Lipinski definition) is 4. The molecule has 1 aromatic carbocycles. The molecule has 3 amide bonds. The summed E-state index contributed by atoms with van der Waals surface area (Å²) in [6.45, 7) is -0.261. The number of halogens is 1. The van der Waals surface area contributed by atoms with E-state index in [-0.39, 0.29) is 13.0 Å². The van der Waals surface area contributed by atoms with E-state index in [0.29, 0.717) is 15.9 Å². The molecule has 3 rings (SSSR count). The fourth-order valence-corrected chi connectivity index (χ4v) is 3.20. The lowest BCUT2D eigenvalue weighted by molar-refractivity contribution is -0.131. The molecule has 0 aliphatic carbocycles. The number of fused-ring (bicyclic) bond motifs is 1. The number of benzene rings is 1. The Morgan fingerprint density at radius 2 is 2.23 bits per heavy atom. The summed E-state index contributed by atoms with van der Waals surface area (Å²) in [4.78, 5) is 36.0. The van der Waals surface area contributed by atoms with Crippen molar-refractivity contribution >= 4 is 39.5 Å². The number of nitrogens with two attached hydrogens (primary N) is 1. The lowest BCUT2D eigenvalue weighted by Gasteiger charge is -2.34. The summed E-state index contributed by atoms with van der Waals surface area (Å²) >= 11 is 3.32. The topological polar surface area (TPSA) is 122 Å². The first-order valence-corrected chi connectivity index (χ1v) is 7.21. The van der Waals surface area contributed by atoms with Gasteiger partial charge in [-0.3, -0.25) is 14.5 Å². The molecule has 1 fully saturated rings. The number of primary amides is 1. The van der Waals surface area contributed by atoms with E-state index < -0.39 is 29.6 Å². The number of rotatable bonds is 1. The first-order valence-electron chi connectivity index (χ1n) is 6.42. The third-order valence-corrected chi connectivity index (χ3v) is 4.45. The number of nitrogens with zero attached hydrogens (tertiary/aromatic N) is 1. The zero-order valence-corrected chi connectivity index (χ0v) is 12.8. The monoisotopic (exact) mass is 369 g/mol. The van der Waals surface area contributed by atoms with Gasteiger partial charge in [-0.1, -0.05) is 6.07 Å². The van der Waals surface area contributed by atoms with Crippen LogP contribution in [-0.4, -0.2) is 46.1 Å². The van der Waals surface area contributed by atoms with Crippen LogP contribution in [0.25, 0.3) is 0 Å². The maximum Gasteiger partial charge on any atom is 0.408 e. The van der Waals surface area contributed by atoms with E-state index in [1.165, 1.54) is 0 Å². The average molecular weight is 370 g/mol. The van der Waals surface area contributed by atoms with E-state index in [0.717, 1.165) is 4.90 Å². The Balaban J connectivity index is 2.01. The Morgan fingerprint density at radius 3 is 2.82 bits per heavy atom. The highest BCUT2D eigenvalue weighted by Gasteiger charge is 2.57. The van der Waals surface area contributed by atoms with E-state index in [1.54, 1.807) is 18.2 Å². The van der Waals surface area contributed by atoms with Crippen LogP contribution in [0.15, 0.2) is 22.7 Å². The van der Waals surface area contributed by atoms with Crippen molar-refractivity contribution in [2.24, 2.45) is 5.73 Å². The summed E-state index contributed by atoms with van der Waals surface area (Å²) in [5.74, 6) is -0.903. The standard InChI is InChI=1S/C13H12BrN3O5/c14-6-2-1-3-7-9(6)22-13(11(19)16-7)4-8(10(15)18)17(5-13)12(20)21/h1-3,8H,4-5H2,(H2,15,18)(H,16,19)(H,20,21)/t8-,13+/m0/s1. The quantitative estimate of drug-likeness (QED) is 0.674. The fraction of sp³-hybridized carbons (Fsp3) is 0.308. The minimum absolute atomic E-state index is 0.124. The van der Waals surface area contributed by atoms with Gasteiger partial charge >= 0.3 is 6.09 Å². The SMILES string of the molecule is NC(=O)[C@@H]1C[C@]2(CN1C(=O)O)Oc1c(Br)cccc1NC2=O. The first kappa shape index (κ1) is 14.6. The van der Waals surface area contributed by atoms with Gasteiger partial charge in [-0.25, -0.2) is 4.79 Å². The Hall–Kier alpha value is -2.29. The molecule has 2 aliphatic rings. The van der Waals surface area contributed by atoms with E-state index in [9.17, 15) is 19.5 Å². The maximum absolute atomic E-state index is 12.4. The van der Waals surface area contributed by atoms with Gasteiger partial charge in [0.05, 0.1) is 16.7 Å². The lowest BCUT2D eigenvalue weighted by Crippen LogP contribution is -2.53. The summed E-state index contributed by atoms with van der Waals surface area (Å²) in [7, 11) is 0. The summed E-state index contributed by atoms with van der Waals surface area (Å²) < 4.78 is 6.43. The number of carbonyl (C=O) groups is 3. The van der Waals surface area contributed by atoms with Crippen LogP contribution in [0.5, 0.6) is 5.75 Å². The number of carboxylic acid groups (broad SMARTS) is 1. The van der Waals surface area contributed by atoms with Crippen LogP contribution in [0.4, 0.5) is 10.5 Å². The normalized spacial score (nSPS) is 26.3. The number of ether oxygens (including phenoxy) is 1.